The molecule has 0 aliphatic rings. The van der Waals surface area contributed by atoms with Gasteiger partial charge < -0.3 is 9.88 Å². The molecule has 0 aliphatic carbocycles. The van der Waals surface area contributed by atoms with Crippen LogP contribution in [0.15, 0.2) is 164 Å². The number of hydrogen-bond acceptors (Lipinski definition) is 2. The Morgan fingerprint density at radius 3 is 1.43 bits per heavy atom. The zero-order chi connectivity index (χ0) is 41.2. The molecular weight excluding hydrogens is 869 g/mol. The van der Waals surface area contributed by atoms with Gasteiger partial charge in [0.05, 0.1) is 5.69 Å². The van der Waals surface area contributed by atoms with Gasteiger partial charge in [-0.3, -0.25) is 4.98 Å². The van der Waals surface area contributed by atoms with Crippen molar-refractivity contribution in [3.05, 3.63) is 213 Å². The molecule has 0 saturated carbocycles. The Hall–Kier alpha value is -5.45. The SMILES string of the molecule is CN(C)c1ccnc(-c2ccc(-c3c4ccc(C(C)(C)C)cc4cc4ccc(C(C)(C)C)cc34)[n-]2)c1.[CH2-]c1ccccc1.[CH2-]c1ccccc1.[CH2-]c1ccccc1.[Hf+4]. The van der Waals surface area contributed by atoms with Gasteiger partial charge in [0, 0.05) is 26.0 Å². The summed E-state index contributed by atoms with van der Waals surface area (Å²) in [6.45, 7) is 24.8. The molecule has 58 heavy (non-hydrogen) atoms. The van der Waals surface area contributed by atoms with Crippen molar-refractivity contribution in [2.75, 3.05) is 19.0 Å². The fraction of sp³-hybridized carbons (Fsp3) is 0.185. The molecule has 4 heteroatoms. The van der Waals surface area contributed by atoms with Crippen molar-refractivity contribution in [1.29, 1.82) is 0 Å². The Morgan fingerprint density at radius 2 is 0.966 bits per heavy atom. The molecule has 2 aromatic heterocycles. The molecule has 0 spiro atoms. The predicted octanol–water partition coefficient (Wildman–Crippen LogP) is 13.9. The van der Waals surface area contributed by atoms with Gasteiger partial charge in [0.2, 0.25) is 0 Å². The molecule has 292 valence electrons. The zero-order valence-electron chi connectivity index (χ0n) is 35.6. The summed E-state index contributed by atoms with van der Waals surface area (Å²) in [6.07, 6.45) is 1.86. The molecule has 0 fully saturated rings. The summed E-state index contributed by atoms with van der Waals surface area (Å²) in [7, 11) is 4.09. The van der Waals surface area contributed by atoms with Crippen LogP contribution in [0.1, 0.15) is 69.4 Å². The minimum atomic E-state index is 0. The molecule has 0 bridgehead atoms. The van der Waals surface area contributed by atoms with E-state index in [1.165, 1.54) is 38.2 Å². The van der Waals surface area contributed by atoms with Crippen LogP contribution in [0, 0.1) is 20.8 Å². The summed E-state index contributed by atoms with van der Waals surface area (Å²) in [4.78, 5) is 11.8. The molecule has 0 N–H and O–H groups in total. The summed E-state index contributed by atoms with van der Waals surface area (Å²) < 4.78 is 0. The molecule has 0 unspecified atom stereocenters. The predicted molar refractivity (Wildman–Crippen MR) is 248 cm³/mol. The normalized spacial score (nSPS) is 10.8. The van der Waals surface area contributed by atoms with Gasteiger partial charge in [0.25, 0.3) is 0 Å². The third kappa shape index (κ3) is 12.5. The first-order chi connectivity index (χ1) is 27.1. The van der Waals surface area contributed by atoms with Crippen LogP contribution in [-0.2, 0) is 36.7 Å². The van der Waals surface area contributed by atoms with Crippen molar-refractivity contribution in [2.45, 2.75) is 52.4 Å². The third-order valence-corrected chi connectivity index (χ3v) is 9.63. The Balaban J connectivity index is 0.000000272. The maximum Gasteiger partial charge on any atom is 4.00 e. The first-order valence-corrected chi connectivity index (χ1v) is 19.5. The third-order valence-electron chi connectivity index (χ3n) is 9.63. The van der Waals surface area contributed by atoms with Crippen molar-refractivity contribution in [1.82, 2.24) is 9.97 Å². The molecule has 0 radical (unpaired) electrons. The number of rotatable bonds is 3. The van der Waals surface area contributed by atoms with Crippen molar-refractivity contribution in [2.24, 2.45) is 0 Å². The Morgan fingerprint density at radius 1 is 0.483 bits per heavy atom. The van der Waals surface area contributed by atoms with E-state index in [0.717, 1.165) is 39.5 Å². The molecular formula is C54H57HfN3. The van der Waals surface area contributed by atoms with Gasteiger partial charge in [-0.2, -0.15) is 73.9 Å². The Kier molecular flexibility index (Phi) is 15.8. The van der Waals surface area contributed by atoms with Crippen LogP contribution in [0.2, 0.25) is 0 Å². The van der Waals surface area contributed by atoms with Gasteiger partial charge in [-0.05, 0) is 67.3 Å². The summed E-state index contributed by atoms with van der Waals surface area (Å²) >= 11 is 0. The number of fused-ring (bicyclic) bond motifs is 2. The van der Waals surface area contributed by atoms with E-state index in [1.807, 2.05) is 117 Å². The fourth-order valence-electron chi connectivity index (χ4n) is 6.25. The van der Waals surface area contributed by atoms with E-state index in [0.29, 0.717) is 0 Å². The zero-order valence-corrected chi connectivity index (χ0v) is 39.1. The average Bonchev–Trinajstić information content (AvgIpc) is 3.68. The van der Waals surface area contributed by atoms with E-state index in [1.54, 1.807) is 0 Å². The standard InChI is InChI=1S/C33H36N3.3C7H7.Hf/c1-32(2,3)23-11-12-26-22(18-23)17-21-9-10-24(33(4,5)6)19-27(21)31(26)29-14-13-28(35-29)30-20-25(36(7)8)15-16-34-30;3*1-7-5-3-2-4-6-7;/h9-20H,1-8H3;3*2-6H,1H2;/q4*-1;+4. The van der Waals surface area contributed by atoms with Gasteiger partial charge in [-0.25, -0.2) is 0 Å². The first-order valence-electron chi connectivity index (χ1n) is 19.5. The van der Waals surface area contributed by atoms with Crippen LogP contribution in [0.5, 0.6) is 0 Å². The fourth-order valence-corrected chi connectivity index (χ4v) is 6.25. The number of aromatic nitrogens is 2. The van der Waals surface area contributed by atoms with Gasteiger partial charge in [0.1, 0.15) is 0 Å². The van der Waals surface area contributed by atoms with Crippen LogP contribution in [0.4, 0.5) is 5.69 Å². The van der Waals surface area contributed by atoms with E-state index in [-0.39, 0.29) is 36.7 Å². The van der Waals surface area contributed by atoms with E-state index in [9.17, 15) is 0 Å². The van der Waals surface area contributed by atoms with Crippen molar-refractivity contribution in [3.8, 4) is 22.6 Å². The second-order valence-electron chi connectivity index (χ2n) is 16.6. The van der Waals surface area contributed by atoms with Gasteiger partial charge in [-0.1, -0.05) is 108 Å². The van der Waals surface area contributed by atoms with Crippen molar-refractivity contribution >= 4 is 27.2 Å². The molecule has 0 aliphatic heterocycles. The first kappa shape index (κ1) is 45.3. The molecule has 6 aromatic carbocycles. The monoisotopic (exact) mass is 927 g/mol. The molecule has 3 nitrogen and oxygen atoms in total. The van der Waals surface area contributed by atoms with Gasteiger partial charge in [-0.15, -0.1) is 47.8 Å². The van der Waals surface area contributed by atoms with E-state index >= 15 is 0 Å². The quantitative estimate of drug-likeness (QED) is 0.100. The maximum absolute atomic E-state index is 5.13. The van der Waals surface area contributed by atoms with Crippen LogP contribution >= 0.6 is 0 Å². The van der Waals surface area contributed by atoms with Crippen LogP contribution < -0.4 is 9.88 Å². The minimum absolute atomic E-state index is 0. The second kappa shape index (κ2) is 20.3. The number of pyridine rings is 1. The minimum Gasteiger partial charge on any atom is -0.656 e. The Labute approximate surface area is 367 Å². The summed E-state index contributed by atoms with van der Waals surface area (Å²) in [5, 5.41) is 4.99. The largest absolute Gasteiger partial charge is 4.00 e. The summed E-state index contributed by atoms with van der Waals surface area (Å²) in [6, 6.07) is 54.1. The number of hydrogen-bond donors (Lipinski definition) is 0. The number of benzene rings is 6. The van der Waals surface area contributed by atoms with Gasteiger partial charge >= 0.3 is 25.8 Å². The van der Waals surface area contributed by atoms with Crippen LogP contribution in [-0.4, -0.2) is 19.1 Å². The van der Waals surface area contributed by atoms with Gasteiger partial charge in [0.15, 0.2) is 0 Å². The Bertz CT molecular complexity index is 2380. The van der Waals surface area contributed by atoms with E-state index in [4.69, 9.17) is 4.98 Å². The molecule has 0 amide bonds. The smallest absolute Gasteiger partial charge is 0.656 e. The van der Waals surface area contributed by atoms with Crippen molar-refractivity contribution < 1.29 is 25.8 Å². The van der Waals surface area contributed by atoms with Crippen LogP contribution in [0.3, 0.4) is 0 Å². The molecule has 2 heterocycles. The second-order valence-corrected chi connectivity index (χ2v) is 16.6. The van der Waals surface area contributed by atoms with Crippen LogP contribution in [0.25, 0.3) is 44.2 Å². The molecule has 8 aromatic rings. The molecule has 0 atom stereocenters. The number of anilines is 1. The average molecular weight is 927 g/mol. The number of nitrogens with zero attached hydrogens (tertiary/aromatic N) is 3. The topological polar surface area (TPSA) is 30.2 Å². The van der Waals surface area contributed by atoms with E-state index < -0.39 is 0 Å². The summed E-state index contributed by atoms with van der Waals surface area (Å²) in [5.74, 6) is 0. The molecule has 8 rings (SSSR count). The summed E-state index contributed by atoms with van der Waals surface area (Å²) in [5.41, 5.74) is 11.1. The maximum atomic E-state index is 5.13. The molecule has 0 saturated heterocycles. The van der Waals surface area contributed by atoms with E-state index in [2.05, 4.69) is 133 Å². The van der Waals surface area contributed by atoms with Crippen molar-refractivity contribution in [3.63, 3.8) is 0 Å².